The molecule has 2 aromatic carbocycles. The number of amides is 1. The third kappa shape index (κ3) is 4.39. The normalized spacial score (nSPS) is 14.1. The van der Waals surface area contributed by atoms with E-state index in [1.807, 2.05) is 24.3 Å². The minimum absolute atomic E-state index is 0.151. The zero-order valence-corrected chi connectivity index (χ0v) is 18.7. The predicted octanol–water partition coefficient (Wildman–Crippen LogP) is 4.81. The Morgan fingerprint density at radius 2 is 1.88 bits per heavy atom. The molecule has 0 bridgehead atoms. The van der Waals surface area contributed by atoms with Gasteiger partial charge in [-0.05, 0) is 61.9 Å². The number of hydrogen-bond acceptors (Lipinski definition) is 5. The standard InChI is InChI=1S/C26H25FN6O/c27-19-12-10-18(11-13-19)16-30-33-24(28)22(26(34)29-15-14-17-6-2-1-3-7-17)23-25(33)32-21-9-5-4-8-20(21)31-23/h4-6,8-13,16H,1-3,7,14-15,28H2,(H,29,34)/b30-16+. The maximum atomic E-state index is 13.2. The van der Waals surface area contributed by atoms with Crippen LogP contribution in [0.15, 0.2) is 65.3 Å². The van der Waals surface area contributed by atoms with Gasteiger partial charge in [-0.15, -0.1) is 0 Å². The number of hydrogen-bond donors (Lipinski definition) is 2. The van der Waals surface area contributed by atoms with Gasteiger partial charge < -0.3 is 11.1 Å². The van der Waals surface area contributed by atoms with Crippen molar-refractivity contribution in [2.24, 2.45) is 5.10 Å². The minimum Gasteiger partial charge on any atom is -0.383 e. The van der Waals surface area contributed by atoms with E-state index in [-0.39, 0.29) is 23.1 Å². The number of rotatable bonds is 6. The highest BCUT2D eigenvalue weighted by Crippen LogP contribution is 2.28. The van der Waals surface area contributed by atoms with Gasteiger partial charge in [-0.3, -0.25) is 4.79 Å². The number of para-hydroxylation sites is 2. The summed E-state index contributed by atoms with van der Waals surface area (Å²) in [5, 5.41) is 7.44. The molecule has 2 heterocycles. The average molecular weight is 457 g/mol. The van der Waals surface area contributed by atoms with Crippen LogP contribution in [0.1, 0.15) is 48.0 Å². The Hall–Kier alpha value is -4.07. The molecule has 0 spiro atoms. The lowest BCUT2D eigenvalue weighted by Crippen LogP contribution is -2.25. The van der Waals surface area contributed by atoms with Crippen LogP contribution in [0.5, 0.6) is 0 Å². The number of allylic oxidation sites excluding steroid dienone is 1. The molecular formula is C26H25FN6O. The van der Waals surface area contributed by atoms with Gasteiger partial charge in [0, 0.05) is 6.54 Å². The van der Waals surface area contributed by atoms with Crippen LogP contribution in [-0.2, 0) is 0 Å². The number of aromatic nitrogens is 3. The molecule has 2 aromatic heterocycles. The van der Waals surface area contributed by atoms with Crippen molar-refractivity contribution in [1.82, 2.24) is 20.0 Å². The number of nitrogen functional groups attached to an aromatic ring is 1. The van der Waals surface area contributed by atoms with Crippen LogP contribution in [0.4, 0.5) is 10.2 Å². The third-order valence-electron chi connectivity index (χ3n) is 6.01. The molecule has 172 valence electrons. The van der Waals surface area contributed by atoms with Crippen LogP contribution in [0.25, 0.3) is 22.2 Å². The molecular weight excluding hydrogens is 431 g/mol. The van der Waals surface area contributed by atoms with Crippen LogP contribution >= 0.6 is 0 Å². The fourth-order valence-corrected chi connectivity index (χ4v) is 4.22. The maximum Gasteiger partial charge on any atom is 0.257 e. The smallest absolute Gasteiger partial charge is 0.257 e. The average Bonchev–Trinajstić information content (AvgIpc) is 3.13. The van der Waals surface area contributed by atoms with Gasteiger partial charge in [-0.1, -0.05) is 35.9 Å². The van der Waals surface area contributed by atoms with Crippen LogP contribution in [0.3, 0.4) is 0 Å². The van der Waals surface area contributed by atoms with Gasteiger partial charge in [0.25, 0.3) is 5.91 Å². The Labute approximate surface area is 196 Å². The van der Waals surface area contributed by atoms with Crippen molar-refractivity contribution in [3.8, 4) is 0 Å². The first-order chi connectivity index (χ1) is 16.6. The van der Waals surface area contributed by atoms with E-state index >= 15 is 0 Å². The van der Waals surface area contributed by atoms with Gasteiger partial charge in [0.05, 0.1) is 17.2 Å². The second kappa shape index (κ2) is 9.43. The molecule has 5 rings (SSSR count). The first-order valence-electron chi connectivity index (χ1n) is 11.4. The highest BCUT2D eigenvalue weighted by Gasteiger charge is 2.24. The summed E-state index contributed by atoms with van der Waals surface area (Å²) in [4.78, 5) is 22.6. The summed E-state index contributed by atoms with van der Waals surface area (Å²) in [7, 11) is 0. The minimum atomic E-state index is -0.330. The van der Waals surface area contributed by atoms with Crippen LogP contribution in [-0.4, -0.2) is 33.3 Å². The Bertz CT molecular complexity index is 1420. The summed E-state index contributed by atoms with van der Waals surface area (Å²) in [5.41, 5.74) is 10.8. The predicted molar refractivity (Wildman–Crippen MR) is 132 cm³/mol. The Kier molecular flexibility index (Phi) is 6.03. The molecule has 1 aliphatic carbocycles. The van der Waals surface area contributed by atoms with Crippen molar-refractivity contribution in [3.05, 3.63) is 77.1 Å². The van der Waals surface area contributed by atoms with E-state index in [1.165, 1.54) is 35.2 Å². The fraction of sp³-hybridized carbons (Fsp3) is 0.231. The van der Waals surface area contributed by atoms with Gasteiger partial charge in [0.15, 0.2) is 5.65 Å². The summed E-state index contributed by atoms with van der Waals surface area (Å²) < 4.78 is 14.7. The van der Waals surface area contributed by atoms with Gasteiger partial charge in [-0.25, -0.2) is 14.4 Å². The number of carbonyl (C=O) groups is 1. The first-order valence-corrected chi connectivity index (χ1v) is 11.4. The van der Waals surface area contributed by atoms with E-state index in [1.54, 1.807) is 18.3 Å². The topological polar surface area (TPSA) is 98.2 Å². The Morgan fingerprint density at radius 1 is 1.12 bits per heavy atom. The largest absolute Gasteiger partial charge is 0.383 e. The summed E-state index contributed by atoms with van der Waals surface area (Å²) in [5.74, 6) is -0.486. The highest BCUT2D eigenvalue weighted by atomic mass is 19.1. The molecule has 0 aliphatic heterocycles. The molecule has 3 N–H and O–H groups in total. The van der Waals surface area contributed by atoms with Gasteiger partial charge in [-0.2, -0.15) is 9.78 Å². The number of carbonyl (C=O) groups excluding carboxylic acids is 1. The van der Waals surface area contributed by atoms with Gasteiger partial charge in [0.1, 0.15) is 22.7 Å². The van der Waals surface area contributed by atoms with E-state index in [2.05, 4.69) is 26.5 Å². The SMILES string of the molecule is Nc1c(C(=O)NCCC2=CCCCC2)c2nc3ccccc3nc2n1/N=C/c1ccc(F)cc1. The van der Waals surface area contributed by atoms with Crippen molar-refractivity contribution >= 4 is 40.1 Å². The van der Waals surface area contributed by atoms with Gasteiger partial charge in [0.2, 0.25) is 0 Å². The van der Waals surface area contributed by atoms with Crippen molar-refractivity contribution in [2.75, 3.05) is 12.3 Å². The van der Waals surface area contributed by atoms with E-state index in [0.717, 1.165) is 19.3 Å². The summed E-state index contributed by atoms with van der Waals surface area (Å²) >= 11 is 0. The van der Waals surface area contributed by atoms with Crippen molar-refractivity contribution in [1.29, 1.82) is 0 Å². The number of benzene rings is 2. The number of nitrogens with zero attached hydrogens (tertiary/aromatic N) is 4. The first kappa shape index (κ1) is 21.8. The van der Waals surface area contributed by atoms with Crippen molar-refractivity contribution in [2.45, 2.75) is 32.1 Å². The lowest BCUT2D eigenvalue weighted by atomic mass is 9.97. The zero-order chi connectivity index (χ0) is 23.5. The molecule has 0 radical (unpaired) electrons. The lowest BCUT2D eigenvalue weighted by molar-refractivity contribution is 0.0956. The van der Waals surface area contributed by atoms with E-state index in [0.29, 0.717) is 34.3 Å². The number of halogens is 1. The summed E-state index contributed by atoms with van der Waals surface area (Å²) in [6.45, 7) is 0.524. The number of nitrogens with two attached hydrogens (primary N) is 1. The van der Waals surface area contributed by atoms with E-state index in [9.17, 15) is 9.18 Å². The molecule has 0 saturated heterocycles. The molecule has 8 heteroatoms. The molecule has 4 aromatic rings. The van der Waals surface area contributed by atoms with E-state index in [4.69, 9.17) is 5.73 Å². The van der Waals surface area contributed by atoms with Crippen LogP contribution in [0.2, 0.25) is 0 Å². The molecule has 7 nitrogen and oxygen atoms in total. The second-order valence-corrected chi connectivity index (χ2v) is 8.37. The highest BCUT2D eigenvalue weighted by molar-refractivity contribution is 6.10. The summed E-state index contributed by atoms with van der Waals surface area (Å²) in [6, 6.07) is 13.3. The Morgan fingerprint density at radius 3 is 2.62 bits per heavy atom. The van der Waals surface area contributed by atoms with Crippen molar-refractivity contribution < 1.29 is 9.18 Å². The van der Waals surface area contributed by atoms with Gasteiger partial charge >= 0.3 is 0 Å². The summed E-state index contributed by atoms with van der Waals surface area (Å²) in [6.07, 6.45) is 9.28. The molecule has 0 unspecified atom stereocenters. The number of anilines is 1. The molecule has 1 amide bonds. The monoisotopic (exact) mass is 456 g/mol. The molecule has 0 fully saturated rings. The van der Waals surface area contributed by atoms with Crippen molar-refractivity contribution in [3.63, 3.8) is 0 Å². The lowest BCUT2D eigenvalue weighted by Gasteiger charge is -2.12. The fourth-order valence-electron chi connectivity index (χ4n) is 4.22. The van der Waals surface area contributed by atoms with E-state index < -0.39 is 0 Å². The molecule has 0 atom stereocenters. The second-order valence-electron chi connectivity index (χ2n) is 8.37. The Balaban J connectivity index is 1.51. The van der Waals surface area contributed by atoms with Crippen LogP contribution in [0, 0.1) is 5.82 Å². The maximum absolute atomic E-state index is 13.2. The molecule has 34 heavy (non-hydrogen) atoms. The number of fused-ring (bicyclic) bond motifs is 2. The molecule has 0 saturated carbocycles. The van der Waals surface area contributed by atoms with Crippen LogP contribution < -0.4 is 11.1 Å². The molecule has 1 aliphatic rings. The number of nitrogens with one attached hydrogen (secondary N) is 1. The zero-order valence-electron chi connectivity index (χ0n) is 18.7. The quantitative estimate of drug-likeness (QED) is 0.321. The third-order valence-corrected chi connectivity index (χ3v) is 6.01.